The standard InChI is InChI=1S/C13H21N3O2/c1-9-5-6-16(7-12(9)18-4)13-11(8-17)10(2)14-15(13)3/h8-9,12H,5-7H2,1-4H3. The third-order valence-corrected chi connectivity index (χ3v) is 3.85. The Morgan fingerprint density at radius 2 is 2.22 bits per heavy atom. The molecule has 1 aliphatic rings. The Morgan fingerprint density at radius 3 is 2.83 bits per heavy atom. The normalized spacial score (nSPS) is 24.3. The van der Waals surface area contributed by atoms with E-state index in [4.69, 9.17) is 4.74 Å². The number of methoxy groups -OCH3 is 1. The maximum Gasteiger partial charge on any atom is 0.155 e. The SMILES string of the molecule is COC1CN(c2c(C=O)c(C)nn2C)CCC1C. The summed E-state index contributed by atoms with van der Waals surface area (Å²) < 4.78 is 7.31. The van der Waals surface area contributed by atoms with Crippen LogP contribution in [0.1, 0.15) is 29.4 Å². The monoisotopic (exact) mass is 251 g/mol. The molecule has 0 radical (unpaired) electrons. The van der Waals surface area contributed by atoms with Crippen LogP contribution < -0.4 is 4.90 Å². The Labute approximate surface area is 108 Å². The van der Waals surface area contributed by atoms with E-state index >= 15 is 0 Å². The number of ether oxygens (including phenoxy) is 1. The molecule has 5 nitrogen and oxygen atoms in total. The van der Waals surface area contributed by atoms with Gasteiger partial charge in [-0.05, 0) is 19.3 Å². The zero-order chi connectivity index (χ0) is 13.3. The Kier molecular flexibility index (Phi) is 3.71. The number of anilines is 1. The van der Waals surface area contributed by atoms with Crippen molar-refractivity contribution in [2.75, 3.05) is 25.1 Å². The van der Waals surface area contributed by atoms with Gasteiger partial charge in [0.1, 0.15) is 5.82 Å². The van der Waals surface area contributed by atoms with Crippen LogP contribution in [-0.2, 0) is 11.8 Å². The molecule has 1 aromatic rings. The predicted octanol–water partition coefficient (Wildman–Crippen LogP) is 1.40. The van der Waals surface area contributed by atoms with E-state index in [2.05, 4.69) is 16.9 Å². The molecule has 5 heteroatoms. The van der Waals surface area contributed by atoms with Crippen LogP contribution >= 0.6 is 0 Å². The molecule has 0 aromatic carbocycles. The van der Waals surface area contributed by atoms with E-state index < -0.39 is 0 Å². The molecule has 100 valence electrons. The predicted molar refractivity (Wildman–Crippen MR) is 70.1 cm³/mol. The van der Waals surface area contributed by atoms with E-state index in [1.165, 1.54) is 0 Å². The van der Waals surface area contributed by atoms with Gasteiger partial charge in [-0.3, -0.25) is 9.48 Å². The fourth-order valence-electron chi connectivity index (χ4n) is 2.71. The summed E-state index contributed by atoms with van der Waals surface area (Å²) in [5.74, 6) is 1.47. The average Bonchev–Trinajstić information content (AvgIpc) is 2.64. The van der Waals surface area contributed by atoms with Crippen molar-refractivity contribution in [3.05, 3.63) is 11.3 Å². The van der Waals surface area contributed by atoms with E-state index in [-0.39, 0.29) is 6.10 Å². The lowest BCUT2D eigenvalue weighted by molar-refractivity contribution is 0.0494. The molecule has 0 amide bonds. The smallest absolute Gasteiger partial charge is 0.155 e. The maximum atomic E-state index is 11.2. The quantitative estimate of drug-likeness (QED) is 0.762. The summed E-state index contributed by atoms with van der Waals surface area (Å²) in [5.41, 5.74) is 1.48. The van der Waals surface area contributed by atoms with Gasteiger partial charge in [-0.1, -0.05) is 6.92 Å². The number of aryl methyl sites for hydroxylation is 2. The summed E-state index contributed by atoms with van der Waals surface area (Å²) in [6, 6.07) is 0. The molecule has 0 spiro atoms. The summed E-state index contributed by atoms with van der Waals surface area (Å²) in [6.07, 6.45) is 2.19. The number of aromatic nitrogens is 2. The third-order valence-electron chi connectivity index (χ3n) is 3.85. The second-order valence-electron chi connectivity index (χ2n) is 5.05. The molecule has 1 fully saturated rings. The van der Waals surface area contributed by atoms with Crippen LogP contribution in [0.3, 0.4) is 0 Å². The van der Waals surface area contributed by atoms with Crippen LogP contribution in [0.15, 0.2) is 0 Å². The molecule has 0 N–H and O–H groups in total. The molecule has 2 atom stereocenters. The van der Waals surface area contributed by atoms with Crippen LogP contribution in [0.2, 0.25) is 0 Å². The van der Waals surface area contributed by atoms with Gasteiger partial charge in [0.05, 0.1) is 17.4 Å². The van der Waals surface area contributed by atoms with Crippen molar-refractivity contribution >= 4 is 12.1 Å². The van der Waals surface area contributed by atoms with Crippen LogP contribution in [0.4, 0.5) is 5.82 Å². The van der Waals surface area contributed by atoms with Crippen molar-refractivity contribution in [1.82, 2.24) is 9.78 Å². The minimum atomic E-state index is 0.216. The zero-order valence-electron chi connectivity index (χ0n) is 11.5. The van der Waals surface area contributed by atoms with Crippen molar-refractivity contribution in [2.45, 2.75) is 26.4 Å². The van der Waals surface area contributed by atoms with Crippen LogP contribution in [0, 0.1) is 12.8 Å². The Balaban J connectivity index is 2.29. The highest BCUT2D eigenvalue weighted by Crippen LogP contribution is 2.27. The van der Waals surface area contributed by atoms with Gasteiger partial charge in [0.25, 0.3) is 0 Å². The molecular formula is C13H21N3O2. The lowest BCUT2D eigenvalue weighted by Crippen LogP contribution is -2.45. The fraction of sp³-hybridized carbons (Fsp3) is 0.692. The summed E-state index contributed by atoms with van der Waals surface area (Å²) in [5, 5.41) is 4.33. The summed E-state index contributed by atoms with van der Waals surface area (Å²) in [7, 11) is 3.63. The minimum absolute atomic E-state index is 0.216. The first-order valence-corrected chi connectivity index (χ1v) is 6.35. The highest BCUT2D eigenvalue weighted by Gasteiger charge is 2.29. The molecule has 1 aliphatic heterocycles. The fourth-order valence-corrected chi connectivity index (χ4v) is 2.71. The lowest BCUT2D eigenvalue weighted by atomic mass is 9.95. The van der Waals surface area contributed by atoms with E-state index in [0.29, 0.717) is 11.5 Å². The Bertz CT molecular complexity index is 442. The van der Waals surface area contributed by atoms with Gasteiger partial charge in [0.15, 0.2) is 6.29 Å². The van der Waals surface area contributed by atoms with E-state index in [1.54, 1.807) is 11.8 Å². The summed E-state index contributed by atoms with van der Waals surface area (Å²) in [4.78, 5) is 13.4. The Morgan fingerprint density at radius 1 is 1.50 bits per heavy atom. The average molecular weight is 251 g/mol. The van der Waals surface area contributed by atoms with Crippen molar-refractivity contribution in [3.63, 3.8) is 0 Å². The highest BCUT2D eigenvalue weighted by atomic mass is 16.5. The lowest BCUT2D eigenvalue weighted by Gasteiger charge is -2.37. The molecule has 18 heavy (non-hydrogen) atoms. The zero-order valence-corrected chi connectivity index (χ0v) is 11.5. The van der Waals surface area contributed by atoms with Crippen LogP contribution in [0.25, 0.3) is 0 Å². The topological polar surface area (TPSA) is 47.4 Å². The van der Waals surface area contributed by atoms with Crippen molar-refractivity contribution < 1.29 is 9.53 Å². The number of carbonyl (C=O) groups is 1. The first kappa shape index (κ1) is 13.1. The minimum Gasteiger partial charge on any atom is -0.379 e. The van der Waals surface area contributed by atoms with E-state index in [9.17, 15) is 4.79 Å². The molecule has 2 rings (SSSR count). The molecular weight excluding hydrogens is 230 g/mol. The molecule has 2 heterocycles. The molecule has 2 unspecified atom stereocenters. The van der Waals surface area contributed by atoms with Crippen molar-refractivity contribution in [1.29, 1.82) is 0 Å². The van der Waals surface area contributed by atoms with Gasteiger partial charge in [-0.2, -0.15) is 5.10 Å². The van der Waals surface area contributed by atoms with Gasteiger partial charge in [-0.25, -0.2) is 0 Å². The number of carbonyl (C=O) groups excluding carboxylic acids is 1. The summed E-state index contributed by atoms with van der Waals surface area (Å²) in [6.45, 7) is 5.84. The largest absolute Gasteiger partial charge is 0.379 e. The van der Waals surface area contributed by atoms with Gasteiger partial charge in [0, 0.05) is 27.2 Å². The molecule has 1 aromatic heterocycles. The second-order valence-corrected chi connectivity index (χ2v) is 5.05. The van der Waals surface area contributed by atoms with Gasteiger partial charge < -0.3 is 9.64 Å². The van der Waals surface area contributed by atoms with Crippen molar-refractivity contribution in [3.8, 4) is 0 Å². The number of aldehydes is 1. The maximum absolute atomic E-state index is 11.2. The van der Waals surface area contributed by atoms with Crippen molar-refractivity contribution in [2.24, 2.45) is 13.0 Å². The number of hydrogen-bond acceptors (Lipinski definition) is 4. The van der Waals surface area contributed by atoms with Gasteiger partial charge >= 0.3 is 0 Å². The first-order valence-electron chi connectivity index (χ1n) is 6.35. The van der Waals surface area contributed by atoms with E-state index in [0.717, 1.165) is 37.3 Å². The second kappa shape index (κ2) is 5.10. The number of nitrogens with zero attached hydrogens (tertiary/aromatic N) is 3. The number of rotatable bonds is 3. The van der Waals surface area contributed by atoms with E-state index in [1.807, 2.05) is 14.0 Å². The van der Waals surface area contributed by atoms with Gasteiger partial charge in [-0.15, -0.1) is 0 Å². The third kappa shape index (κ3) is 2.14. The highest BCUT2D eigenvalue weighted by molar-refractivity contribution is 5.84. The van der Waals surface area contributed by atoms with Crippen LogP contribution in [-0.4, -0.2) is 42.4 Å². The number of hydrogen-bond donors (Lipinski definition) is 0. The molecule has 1 saturated heterocycles. The number of piperidine rings is 1. The summed E-state index contributed by atoms with van der Waals surface area (Å²) >= 11 is 0. The molecule has 0 bridgehead atoms. The molecule has 0 aliphatic carbocycles. The van der Waals surface area contributed by atoms with Crippen LogP contribution in [0.5, 0.6) is 0 Å². The Hall–Kier alpha value is -1.36. The first-order chi connectivity index (χ1) is 8.58. The molecule has 0 saturated carbocycles. The van der Waals surface area contributed by atoms with Gasteiger partial charge in [0.2, 0.25) is 0 Å².